The van der Waals surface area contributed by atoms with Crippen molar-refractivity contribution in [1.82, 2.24) is 5.32 Å². The predicted molar refractivity (Wildman–Crippen MR) is 70.1 cm³/mol. The van der Waals surface area contributed by atoms with Crippen molar-refractivity contribution in [3.8, 4) is 0 Å². The van der Waals surface area contributed by atoms with Crippen molar-refractivity contribution in [2.24, 2.45) is 10.7 Å². The highest BCUT2D eigenvalue weighted by molar-refractivity contribution is 7.99. The molecule has 1 aliphatic rings. The monoisotopic (exact) mass is 235 g/mol. The Hall–Kier alpha value is -1.16. The van der Waals surface area contributed by atoms with Gasteiger partial charge in [0.2, 0.25) is 0 Å². The normalized spacial score (nSPS) is 20.1. The van der Waals surface area contributed by atoms with Crippen LogP contribution in [0.2, 0.25) is 0 Å². The van der Waals surface area contributed by atoms with Gasteiger partial charge in [-0.1, -0.05) is 19.1 Å². The molecular weight excluding hydrogens is 218 g/mol. The molecule has 0 bridgehead atoms. The van der Waals surface area contributed by atoms with E-state index in [4.69, 9.17) is 5.73 Å². The van der Waals surface area contributed by atoms with Crippen LogP contribution in [-0.2, 0) is 0 Å². The van der Waals surface area contributed by atoms with Gasteiger partial charge in [0.15, 0.2) is 5.96 Å². The Morgan fingerprint density at radius 3 is 2.75 bits per heavy atom. The number of nitrogens with one attached hydrogen (secondary N) is 1. The highest BCUT2D eigenvalue weighted by Crippen LogP contribution is 2.22. The molecule has 86 valence electrons. The molecule has 1 unspecified atom stereocenters. The summed E-state index contributed by atoms with van der Waals surface area (Å²) in [7, 11) is 0. The number of aliphatic imine (C=N–C) groups is 1. The van der Waals surface area contributed by atoms with E-state index in [9.17, 15) is 0 Å². The minimum absolute atomic E-state index is 0.452. The first-order chi connectivity index (χ1) is 7.79. The molecule has 0 fully saturated rings. The minimum atomic E-state index is 0.452. The zero-order chi connectivity index (χ0) is 11.4. The highest BCUT2D eigenvalue weighted by Gasteiger charge is 2.15. The first-order valence-corrected chi connectivity index (χ1v) is 6.54. The van der Waals surface area contributed by atoms with E-state index < -0.39 is 0 Å². The summed E-state index contributed by atoms with van der Waals surface area (Å²) in [5.74, 6) is 2.13. The average molecular weight is 235 g/mol. The van der Waals surface area contributed by atoms with E-state index in [1.165, 1.54) is 10.5 Å². The van der Waals surface area contributed by atoms with Crippen LogP contribution in [0.1, 0.15) is 18.4 Å². The van der Waals surface area contributed by atoms with Gasteiger partial charge in [-0.05, 0) is 23.4 Å². The number of hydrogen-bond acceptors (Lipinski definition) is 4. The fourth-order valence-electron chi connectivity index (χ4n) is 1.78. The molecule has 0 saturated heterocycles. The lowest BCUT2D eigenvalue weighted by Gasteiger charge is -2.21. The Balaban J connectivity index is 2.04. The number of hydrogen-bond donors (Lipinski definition) is 2. The van der Waals surface area contributed by atoms with Gasteiger partial charge in [-0.15, -0.1) is 11.8 Å². The smallest absolute Gasteiger partial charge is 0.188 e. The first-order valence-electron chi connectivity index (χ1n) is 5.56. The fourth-order valence-corrected chi connectivity index (χ4v) is 2.44. The topological polar surface area (TPSA) is 50.4 Å². The van der Waals surface area contributed by atoms with E-state index in [1.807, 2.05) is 11.8 Å². The van der Waals surface area contributed by atoms with E-state index in [1.54, 1.807) is 0 Å². The maximum Gasteiger partial charge on any atom is 0.188 e. The zero-order valence-electron chi connectivity index (χ0n) is 9.44. The maximum absolute atomic E-state index is 5.57. The van der Waals surface area contributed by atoms with Gasteiger partial charge in [-0.3, -0.25) is 4.99 Å². The molecule has 16 heavy (non-hydrogen) atoms. The molecule has 1 aromatic carbocycles. The lowest BCUT2D eigenvalue weighted by Crippen LogP contribution is -2.39. The zero-order valence-corrected chi connectivity index (χ0v) is 10.3. The lowest BCUT2D eigenvalue weighted by molar-refractivity contribution is 0.634. The van der Waals surface area contributed by atoms with Crippen molar-refractivity contribution in [2.75, 3.05) is 18.8 Å². The fraction of sp³-hybridized carbons (Fsp3) is 0.417. The molecule has 0 saturated carbocycles. The molecule has 1 heterocycles. The third kappa shape index (κ3) is 2.70. The Kier molecular flexibility index (Phi) is 3.72. The molecule has 0 amide bonds. The van der Waals surface area contributed by atoms with Crippen LogP contribution in [0.3, 0.4) is 0 Å². The van der Waals surface area contributed by atoms with Crippen molar-refractivity contribution in [1.29, 1.82) is 0 Å². The summed E-state index contributed by atoms with van der Waals surface area (Å²) in [5.41, 5.74) is 6.91. The van der Waals surface area contributed by atoms with Gasteiger partial charge in [-0.25, -0.2) is 0 Å². The molecule has 0 aliphatic carbocycles. The maximum atomic E-state index is 5.57. The molecule has 4 heteroatoms. The standard InChI is InChI=1S/C12H17N3S/c1-2-16-11-5-3-9(4-6-11)10-7-14-12(13)15-8-10/h3-6,10H,2,7-8H2,1H3,(H3,13,14,15). The number of nitrogens with two attached hydrogens (primary N) is 1. The number of rotatable bonds is 3. The van der Waals surface area contributed by atoms with Crippen LogP contribution in [0.15, 0.2) is 34.2 Å². The van der Waals surface area contributed by atoms with Crippen LogP contribution >= 0.6 is 11.8 Å². The average Bonchev–Trinajstić information content (AvgIpc) is 2.32. The second kappa shape index (κ2) is 5.25. The Morgan fingerprint density at radius 1 is 1.44 bits per heavy atom. The summed E-state index contributed by atoms with van der Waals surface area (Å²) in [6.07, 6.45) is 0. The van der Waals surface area contributed by atoms with E-state index in [0.717, 1.165) is 18.8 Å². The molecule has 3 N–H and O–H groups in total. The second-order valence-corrected chi connectivity index (χ2v) is 5.14. The Labute approximate surface area is 101 Å². The molecular formula is C12H17N3S. The number of nitrogens with zero attached hydrogens (tertiary/aromatic N) is 1. The lowest BCUT2D eigenvalue weighted by atomic mass is 9.98. The first kappa shape index (κ1) is 11.3. The van der Waals surface area contributed by atoms with Crippen molar-refractivity contribution in [2.45, 2.75) is 17.7 Å². The molecule has 3 nitrogen and oxygen atoms in total. The molecule has 2 rings (SSSR count). The largest absolute Gasteiger partial charge is 0.370 e. The summed E-state index contributed by atoms with van der Waals surface area (Å²) >= 11 is 1.87. The van der Waals surface area contributed by atoms with Gasteiger partial charge in [0, 0.05) is 17.4 Å². The molecule has 0 spiro atoms. The van der Waals surface area contributed by atoms with Gasteiger partial charge in [0.25, 0.3) is 0 Å². The van der Waals surface area contributed by atoms with Crippen molar-refractivity contribution in [3.05, 3.63) is 29.8 Å². The van der Waals surface area contributed by atoms with E-state index in [2.05, 4.69) is 41.5 Å². The summed E-state index contributed by atoms with van der Waals surface area (Å²) in [5, 5.41) is 3.09. The minimum Gasteiger partial charge on any atom is -0.370 e. The van der Waals surface area contributed by atoms with E-state index in [-0.39, 0.29) is 0 Å². The highest BCUT2D eigenvalue weighted by atomic mass is 32.2. The SMILES string of the molecule is CCSc1ccc(C2CN=C(N)NC2)cc1. The number of thioether (sulfide) groups is 1. The Bertz CT molecular complexity index is 372. The molecule has 0 radical (unpaired) electrons. The van der Waals surface area contributed by atoms with E-state index >= 15 is 0 Å². The van der Waals surface area contributed by atoms with Gasteiger partial charge in [-0.2, -0.15) is 0 Å². The molecule has 1 aliphatic heterocycles. The van der Waals surface area contributed by atoms with Gasteiger partial charge < -0.3 is 11.1 Å². The van der Waals surface area contributed by atoms with Crippen molar-refractivity contribution < 1.29 is 0 Å². The summed E-state index contributed by atoms with van der Waals surface area (Å²) < 4.78 is 0. The molecule has 1 atom stereocenters. The summed E-state index contributed by atoms with van der Waals surface area (Å²) in [6.45, 7) is 3.84. The molecule has 0 aromatic heterocycles. The number of guanidine groups is 1. The van der Waals surface area contributed by atoms with Gasteiger partial charge in [0.05, 0.1) is 6.54 Å². The van der Waals surface area contributed by atoms with Gasteiger partial charge >= 0.3 is 0 Å². The Morgan fingerprint density at radius 2 is 2.19 bits per heavy atom. The number of benzene rings is 1. The van der Waals surface area contributed by atoms with Crippen LogP contribution in [0.5, 0.6) is 0 Å². The van der Waals surface area contributed by atoms with Crippen molar-refractivity contribution in [3.63, 3.8) is 0 Å². The van der Waals surface area contributed by atoms with E-state index in [0.29, 0.717) is 11.9 Å². The van der Waals surface area contributed by atoms with Crippen LogP contribution in [0.25, 0.3) is 0 Å². The van der Waals surface area contributed by atoms with Crippen LogP contribution in [-0.4, -0.2) is 24.8 Å². The quantitative estimate of drug-likeness (QED) is 0.785. The third-order valence-electron chi connectivity index (χ3n) is 2.67. The predicted octanol–water partition coefficient (Wildman–Crippen LogP) is 1.80. The van der Waals surface area contributed by atoms with Crippen LogP contribution < -0.4 is 11.1 Å². The molecule has 1 aromatic rings. The summed E-state index contributed by atoms with van der Waals surface area (Å²) in [6, 6.07) is 8.76. The van der Waals surface area contributed by atoms with Crippen LogP contribution in [0, 0.1) is 0 Å². The second-order valence-electron chi connectivity index (χ2n) is 3.81. The van der Waals surface area contributed by atoms with Crippen LogP contribution in [0.4, 0.5) is 0 Å². The van der Waals surface area contributed by atoms with Crippen molar-refractivity contribution >= 4 is 17.7 Å². The van der Waals surface area contributed by atoms with Gasteiger partial charge in [0.1, 0.15) is 0 Å². The third-order valence-corrected chi connectivity index (χ3v) is 3.57. The summed E-state index contributed by atoms with van der Waals surface area (Å²) in [4.78, 5) is 5.56.